The highest BCUT2D eigenvalue weighted by Crippen LogP contribution is 2.19. The Morgan fingerprint density at radius 1 is 1.23 bits per heavy atom. The molecule has 0 bridgehead atoms. The number of carbonyl (C=O) groups is 1. The number of likely N-dealkylation sites (tertiary alicyclic amines) is 1. The number of ether oxygens (including phenoxy) is 2. The molecule has 1 aromatic carbocycles. The van der Waals surface area contributed by atoms with Crippen LogP contribution in [0.3, 0.4) is 0 Å². The lowest BCUT2D eigenvalue weighted by atomic mass is 9.99. The summed E-state index contributed by atoms with van der Waals surface area (Å²) in [4.78, 5) is 15.1. The summed E-state index contributed by atoms with van der Waals surface area (Å²) < 4.78 is 12.6. The Balaban J connectivity index is 1.56. The van der Waals surface area contributed by atoms with E-state index < -0.39 is 6.29 Å². The summed E-state index contributed by atoms with van der Waals surface area (Å²) in [7, 11) is 0. The zero-order chi connectivity index (χ0) is 22.1. The second kappa shape index (κ2) is 11.9. The molecule has 1 N–H and O–H groups in total. The molecule has 1 aliphatic heterocycles. The summed E-state index contributed by atoms with van der Waals surface area (Å²) in [6.45, 7) is 11.3. The SMILES string of the molecule is CCOC(Cn1cc(C(=O)NCc2ccccc2CN2CCCC(C)C2)nn1)OCC. The standard InChI is InChI=1S/C23H35N5O3/c1-4-30-22(31-5-2)17-28-16-21(25-26-28)23(29)24-13-19-10-6-7-11-20(19)15-27-12-8-9-18(3)14-27/h6-7,10-11,16,18,22H,4-5,8-9,12-15,17H2,1-3H3,(H,24,29). The van der Waals surface area contributed by atoms with Crippen molar-refractivity contribution in [2.45, 2.75) is 59.5 Å². The maximum atomic E-state index is 12.6. The molecule has 0 spiro atoms. The zero-order valence-electron chi connectivity index (χ0n) is 18.9. The quantitative estimate of drug-likeness (QED) is 0.553. The summed E-state index contributed by atoms with van der Waals surface area (Å²) in [5, 5.41) is 11.0. The first-order chi connectivity index (χ1) is 15.1. The highest BCUT2D eigenvalue weighted by atomic mass is 16.7. The van der Waals surface area contributed by atoms with Crippen LogP contribution in [0, 0.1) is 5.92 Å². The van der Waals surface area contributed by atoms with Crippen molar-refractivity contribution < 1.29 is 14.3 Å². The van der Waals surface area contributed by atoms with Gasteiger partial charge < -0.3 is 14.8 Å². The second-order valence-electron chi connectivity index (χ2n) is 8.10. The molecule has 1 amide bonds. The number of aromatic nitrogens is 3. The number of carbonyl (C=O) groups excluding carboxylic acids is 1. The lowest BCUT2D eigenvalue weighted by Crippen LogP contribution is -2.34. The zero-order valence-corrected chi connectivity index (χ0v) is 18.9. The first-order valence-electron chi connectivity index (χ1n) is 11.3. The van der Waals surface area contributed by atoms with Crippen molar-refractivity contribution in [3.8, 4) is 0 Å². The minimum Gasteiger partial charge on any atom is -0.351 e. The van der Waals surface area contributed by atoms with Gasteiger partial charge in [-0.1, -0.05) is 36.4 Å². The maximum absolute atomic E-state index is 12.6. The Bertz CT molecular complexity index is 819. The van der Waals surface area contributed by atoms with Crippen LogP contribution in [0.2, 0.25) is 0 Å². The van der Waals surface area contributed by atoms with Gasteiger partial charge in [0.05, 0.1) is 12.7 Å². The van der Waals surface area contributed by atoms with Crippen LogP contribution in [0.25, 0.3) is 0 Å². The van der Waals surface area contributed by atoms with E-state index in [2.05, 4.69) is 45.7 Å². The third-order valence-electron chi connectivity index (χ3n) is 5.51. The van der Waals surface area contributed by atoms with Crippen molar-refractivity contribution in [3.63, 3.8) is 0 Å². The topological polar surface area (TPSA) is 81.5 Å². The molecule has 0 saturated carbocycles. The number of hydrogen-bond donors (Lipinski definition) is 1. The van der Waals surface area contributed by atoms with Gasteiger partial charge in [0.1, 0.15) is 0 Å². The molecule has 8 nitrogen and oxygen atoms in total. The van der Waals surface area contributed by atoms with Crippen LogP contribution < -0.4 is 5.32 Å². The molecule has 1 unspecified atom stereocenters. The van der Waals surface area contributed by atoms with Gasteiger partial charge in [0.15, 0.2) is 12.0 Å². The van der Waals surface area contributed by atoms with Crippen molar-refractivity contribution in [2.24, 2.45) is 5.92 Å². The molecule has 1 aliphatic rings. The third-order valence-corrected chi connectivity index (χ3v) is 5.51. The average Bonchev–Trinajstić information content (AvgIpc) is 3.22. The number of nitrogens with one attached hydrogen (secondary N) is 1. The number of piperidine rings is 1. The van der Waals surface area contributed by atoms with Crippen molar-refractivity contribution in [3.05, 3.63) is 47.3 Å². The van der Waals surface area contributed by atoms with Crippen molar-refractivity contribution >= 4 is 5.91 Å². The van der Waals surface area contributed by atoms with E-state index in [0.29, 0.717) is 26.3 Å². The molecular weight excluding hydrogens is 394 g/mol. The average molecular weight is 430 g/mol. The van der Waals surface area contributed by atoms with E-state index in [0.717, 1.165) is 31.1 Å². The van der Waals surface area contributed by atoms with Gasteiger partial charge in [0.25, 0.3) is 5.91 Å². The maximum Gasteiger partial charge on any atom is 0.273 e. The van der Waals surface area contributed by atoms with Crippen LogP contribution in [-0.4, -0.2) is 58.4 Å². The Kier molecular flexibility index (Phi) is 8.99. The van der Waals surface area contributed by atoms with E-state index in [4.69, 9.17) is 9.47 Å². The van der Waals surface area contributed by atoms with Gasteiger partial charge >= 0.3 is 0 Å². The van der Waals surface area contributed by atoms with Gasteiger partial charge in [0.2, 0.25) is 0 Å². The van der Waals surface area contributed by atoms with E-state index in [1.807, 2.05) is 19.9 Å². The molecule has 1 aromatic heterocycles. The second-order valence-corrected chi connectivity index (χ2v) is 8.10. The van der Waals surface area contributed by atoms with E-state index in [9.17, 15) is 4.79 Å². The molecule has 1 saturated heterocycles. The molecule has 31 heavy (non-hydrogen) atoms. The fraction of sp³-hybridized carbons (Fsp3) is 0.609. The Morgan fingerprint density at radius 2 is 1.97 bits per heavy atom. The van der Waals surface area contributed by atoms with Gasteiger partial charge in [-0.3, -0.25) is 9.69 Å². The summed E-state index contributed by atoms with van der Waals surface area (Å²) in [6, 6.07) is 8.31. The monoisotopic (exact) mass is 429 g/mol. The number of nitrogens with zero attached hydrogens (tertiary/aromatic N) is 4. The fourth-order valence-electron chi connectivity index (χ4n) is 3.99. The molecule has 0 aliphatic carbocycles. The highest BCUT2D eigenvalue weighted by Gasteiger charge is 2.18. The van der Waals surface area contributed by atoms with Gasteiger partial charge in [-0.25, -0.2) is 4.68 Å². The number of rotatable bonds is 11. The summed E-state index contributed by atoms with van der Waals surface area (Å²) in [6.07, 6.45) is 3.78. The van der Waals surface area contributed by atoms with Crippen LogP contribution >= 0.6 is 0 Å². The van der Waals surface area contributed by atoms with E-state index in [1.54, 1.807) is 10.9 Å². The number of benzene rings is 1. The van der Waals surface area contributed by atoms with E-state index in [-0.39, 0.29) is 11.6 Å². The van der Waals surface area contributed by atoms with Gasteiger partial charge in [-0.15, -0.1) is 5.10 Å². The van der Waals surface area contributed by atoms with Crippen LogP contribution in [0.5, 0.6) is 0 Å². The Labute approximate surface area is 184 Å². The Hall–Kier alpha value is -2.29. The van der Waals surface area contributed by atoms with Gasteiger partial charge in [0, 0.05) is 32.8 Å². The van der Waals surface area contributed by atoms with E-state index >= 15 is 0 Å². The molecule has 2 aromatic rings. The molecule has 1 fully saturated rings. The molecule has 1 atom stereocenters. The molecular formula is C23H35N5O3. The summed E-state index contributed by atoms with van der Waals surface area (Å²) in [5.74, 6) is 0.505. The van der Waals surface area contributed by atoms with Gasteiger partial charge in [-0.2, -0.15) is 0 Å². The van der Waals surface area contributed by atoms with Crippen molar-refractivity contribution in [1.82, 2.24) is 25.2 Å². The summed E-state index contributed by atoms with van der Waals surface area (Å²) in [5.41, 5.74) is 2.68. The minimum atomic E-state index is -0.406. The third kappa shape index (κ3) is 7.12. The largest absolute Gasteiger partial charge is 0.351 e. The predicted molar refractivity (Wildman–Crippen MR) is 118 cm³/mol. The van der Waals surface area contributed by atoms with Crippen LogP contribution in [0.1, 0.15) is 55.2 Å². The van der Waals surface area contributed by atoms with Crippen LogP contribution in [0.4, 0.5) is 0 Å². The van der Waals surface area contributed by atoms with Crippen molar-refractivity contribution in [1.29, 1.82) is 0 Å². The molecule has 8 heteroatoms. The van der Waals surface area contributed by atoms with Crippen LogP contribution in [-0.2, 0) is 29.1 Å². The lowest BCUT2D eigenvalue weighted by Gasteiger charge is -2.31. The van der Waals surface area contributed by atoms with Crippen LogP contribution in [0.15, 0.2) is 30.5 Å². The number of amides is 1. The lowest BCUT2D eigenvalue weighted by molar-refractivity contribution is -0.145. The normalized spacial score (nSPS) is 17.2. The van der Waals surface area contributed by atoms with Crippen molar-refractivity contribution in [2.75, 3.05) is 26.3 Å². The molecule has 170 valence electrons. The fourth-order valence-corrected chi connectivity index (χ4v) is 3.99. The predicted octanol–water partition coefficient (Wildman–Crippen LogP) is 2.84. The van der Waals surface area contributed by atoms with Gasteiger partial charge in [-0.05, 0) is 50.3 Å². The summed E-state index contributed by atoms with van der Waals surface area (Å²) >= 11 is 0. The van der Waals surface area contributed by atoms with E-state index in [1.165, 1.54) is 18.4 Å². The molecule has 0 radical (unpaired) electrons. The molecule has 2 heterocycles. The first kappa shape index (κ1) is 23.4. The minimum absolute atomic E-state index is 0.239. The highest BCUT2D eigenvalue weighted by molar-refractivity contribution is 5.91. The Morgan fingerprint density at radius 3 is 2.68 bits per heavy atom. The number of hydrogen-bond acceptors (Lipinski definition) is 6. The molecule has 3 rings (SSSR count). The first-order valence-corrected chi connectivity index (χ1v) is 11.3. The smallest absolute Gasteiger partial charge is 0.273 e.